The third kappa shape index (κ3) is 5.67. The zero-order chi connectivity index (χ0) is 14.4. The first-order valence-electron chi connectivity index (χ1n) is 8.01. The summed E-state index contributed by atoms with van der Waals surface area (Å²) in [6.45, 7) is 8.79. The van der Waals surface area contributed by atoms with Crippen molar-refractivity contribution < 1.29 is 9.53 Å². The van der Waals surface area contributed by atoms with Crippen LogP contribution in [-0.4, -0.2) is 55.9 Å². The van der Waals surface area contributed by atoms with Gasteiger partial charge in [0, 0.05) is 44.9 Å². The Kier molecular flexibility index (Phi) is 6.10. The van der Waals surface area contributed by atoms with E-state index in [9.17, 15) is 4.79 Å². The molecule has 20 heavy (non-hydrogen) atoms. The fourth-order valence-corrected chi connectivity index (χ4v) is 2.52. The van der Waals surface area contributed by atoms with Crippen molar-refractivity contribution in [2.24, 2.45) is 5.92 Å². The second kappa shape index (κ2) is 7.84. The van der Waals surface area contributed by atoms with E-state index in [0.29, 0.717) is 18.6 Å². The Hall–Kier alpha value is -0.810. The summed E-state index contributed by atoms with van der Waals surface area (Å²) in [5.41, 5.74) is 0. The molecule has 2 aliphatic rings. The quantitative estimate of drug-likeness (QED) is 0.665. The number of nitrogens with one attached hydrogen (secondary N) is 2. The van der Waals surface area contributed by atoms with Crippen molar-refractivity contribution in [3.63, 3.8) is 0 Å². The summed E-state index contributed by atoms with van der Waals surface area (Å²) in [6, 6.07) is 0.819. The highest BCUT2D eigenvalue weighted by Crippen LogP contribution is 2.28. The molecule has 2 N–H and O–H groups in total. The summed E-state index contributed by atoms with van der Waals surface area (Å²) >= 11 is 0. The first-order chi connectivity index (χ1) is 9.65. The van der Waals surface area contributed by atoms with Crippen LogP contribution in [0.5, 0.6) is 0 Å². The summed E-state index contributed by atoms with van der Waals surface area (Å²) in [6.07, 6.45) is 4.60. The molecule has 1 saturated heterocycles. The number of amides is 2. The van der Waals surface area contributed by atoms with E-state index in [1.54, 1.807) is 0 Å². The number of hydrogen-bond acceptors (Lipinski definition) is 3. The molecule has 2 amide bonds. The number of rotatable bonds is 8. The lowest BCUT2D eigenvalue weighted by atomic mass is 10.3. The highest BCUT2D eigenvalue weighted by molar-refractivity contribution is 5.74. The SMILES string of the molecule is CC(C)N1CCC(NC(=O)NCCCOCC2CC2)C1. The van der Waals surface area contributed by atoms with Crippen LogP contribution in [0.25, 0.3) is 0 Å². The van der Waals surface area contributed by atoms with Gasteiger partial charge in [-0.05, 0) is 45.4 Å². The Labute approximate surface area is 122 Å². The number of carbonyl (C=O) groups excluding carboxylic acids is 1. The predicted molar refractivity (Wildman–Crippen MR) is 79.8 cm³/mol. The molecule has 1 saturated carbocycles. The predicted octanol–water partition coefficient (Wildman–Crippen LogP) is 1.58. The molecular formula is C15H29N3O2. The van der Waals surface area contributed by atoms with Crippen LogP contribution in [0.4, 0.5) is 4.79 Å². The van der Waals surface area contributed by atoms with Crippen LogP contribution in [0, 0.1) is 5.92 Å². The maximum absolute atomic E-state index is 11.7. The molecule has 1 heterocycles. The van der Waals surface area contributed by atoms with E-state index in [1.807, 2.05) is 0 Å². The summed E-state index contributed by atoms with van der Waals surface area (Å²) < 4.78 is 5.53. The Morgan fingerprint density at radius 3 is 2.80 bits per heavy atom. The minimum Gasteiger partial charge on any atom is -0.381 e. The molecule has 116 valence electrons. The Morgan fingerprint density at radius 1 is 1.35 bits per heavy atom. The van der Waals surface area contributed by atoms with Crippen LogP contribution < -0.4 is 10.6 Å². The van der Waals surface area contributed by atoms with Crippen molar-refractivity contribution in [3.05, 3.63) is 0 Å². The van der Waals surface area contributed by atoms with Crippen molar-refractivity contribution >= 4 is 6.03 Å². The molecule has 5 heteroatoms. The maximum atomic E-state index is 11.7. The highest BCUT2D eigenvalue weighted by Gasteiger charge is 2.25. The van der Waals surface area contributed by atoms with Gasteiger partial charge in [-0.15, -0.1) is 0 Å². The molecule has 1 atom stereocenters. The van der Waals surface area contributed by atoms with Gasteiger partial charge in [0.05, 0.1) is 0 Å². The molecule has 0 aromatic rings. The van der Waals surface area contributed by atoms with Crippen molar-refractivity contribution in [1.82, 2.24) is 15.5 Å². The molecule has 1 unspecified atom stereocenters. The van der Waals surface area contributed by atoms with Crippen LogP contribution in [0.1, 0.15) is 39.5 Å². The van der Waals surface area contributed by atoms with Crippen molar-refractivity contribution in [2.45, 2.75) is 51.6 Å². The molecule has 1 aliphatic carbocycles. The second-order valence-electron chi connectivity index (χ2n) is 6.35. The van der Waals surface area contributed by atoms with Crippen LogP contribution in [0.15, 0.2) is 0 Å². The maximum Gasteiger partial charge on any atom is 0.315 e. The zero-order valence-corrected chi connectivity index (χ0v) is 12.9. The summed E-state index contributed by atoms with van der Waals surface area (Å²) in [7, 11) is 0. The topological polar surface area (TPSA) is 53.6 Å². The number of hydrogen-bond donors (Lipinski definition) is 2. The summed E-state index contributed by atoms with van der Waals surface area (Å²) in [5, 5.41) is 5.96. The minimum absolute atomic E-state index is 0.0391. The lowest BCUT2D eigenvalue weighted by molar-refractivity contribution is 0.122. The molecule has 0 bridgehead atoms. The van der Waals surface area contributed by atoms with Gasteiger partial charge in [-0.3, -0.25) is 4.90 Å². The lowest BCUT2D eigenvalue weighted by Crippen LogP contribution is -2.44. The van der Waals surface area contributed by atoms with Gasteiger partial charge in [-0.1, -0.05) is 0 Å². The van der Waals surface area contributed by atoms with Gasteiger partial charge in [0.25, 0.3) is 0 Å². The fraction of sp³-hybridized carbons (Fsp3) is 0.933. The van der Waals surface area contributed by atoms with Crippen molar-refractivity contribution in [2.75, 3.05) is 32.8 Å². The van der Waals surface area contributed by atoms with E-state index in [4.69, 9.17) is 4.74 Å². The standard InChI is InChI=1S/C15H29N3O2/c1-12(2)18-8-6-14(10-18)17-15(19)16-7-3-9-20-11-13-4-5-13/h12-14H,3-11H2,1-2H3,(H2,16,17,19). The molecule has 5 nitrogen and oxygen atoms in total. The van der Waals surface area contributed by atoms with E-state index < -0.39 is 0 Å². The first-order valence-corrected chi connectivity index (χ1v) is 8.01. The van der Waals surface area contributed by atoms with Crippen molar-refractivity contribution in [1.29, 1.82) is 0 Å². The van der Waals surface area contributed by atoms with E-state index >= 15 is 0 Å². The Bertz CT molecular complexity index is 305. The Balaban J connectivity index is 1.45. The smallest absolute Gasteiger partial charge is 0.315 e. The number of urea groups is 1. The van der Waals surface area contributed by atoms with Gasteiger partial charge in [0.15, 0.2) is 0 Å². The largest absolute Gasteiger partial charge is 0.381 e. The van der Waals surface area contributed by atoms with Gasteiger partial charge < -0.3 is 15.4 Å². The number of likely N-dealkylation sites (tertiary alicyclic amines) is 1. The highest BCUT2D eigenvalue weighted by atomic mass is 16.5. The average Bonchev–Trinajstić information content (AvgIpc) is 3.11. The normalized spacial score (nSPS) is 23.2. The van der Waals surface area contributed by atoms with E-state index in [2.05, 4.69) is 29.4 Å². The van der Waals surface area contributed by atoms with E-state index in [0.717, 1.165) is 45.1 Å². The molecule has 0 aromatic heterocycles. The Morgan fingerprint density at radius 2 is 2.15 bits per heavy atom. The van der Waals surface area contributed by atoms with Crippen molar-refractivity contribution in [3.8, 4) is 0 Å². The van der Waals surface area contributed by atoms with Crippen LogP contribution >= 0.6 is 0 Å². The lowest BCUT2D eigenvalue weighted by Gasteiger charge is -2.20. The molecule has 1 aliphatic heterocycles. The number of carbonyl (C=O) groups is 1. The van der Waals surface area contributed by atoms with E-state index in [1.165, 1.54) is 12.8 Å². The molecule has 2 fully saturated rings. The number of ether oxygens (including phenoxy) is 1. The number of nitrogens with zero attached hydrogens (tertiary/aromatic N) is 1. The van der Waals surface area contributed by atoms with Gasteiger partial charge in [-0.2, -0.15) is 0 Å². The molecule has 0 spiro atoms. The molecule has 2 rings (SSSR count). The summed E-state index contributed by atoms with van der Waals surface area (Å²) in [5.74, 6) is 0.817. The third-order valence-electron chi connectivity index (χ3n) is 4.09. The van der Waals surface area contributed by atoms with Gasteiger partial charge in [0.2, 0.25) is 0 Å². The van der Waals surface area contributed by atoms with Crippen LogP contribution in [-0.2, 0) is 4.74 Å². The van der Waals surface area contributed by atoms with Gasteiger partial charge in [0.1, 0.15) is 0 Å². The second-order valence-corrected chi connectivity index (χ2v) is 6.35. The third-order valence-corrected chi connectivity index (χ3v) is 4.09. The fourth-order valence-electron chi connectivity index (χ4n) is 2.52. The average molecular weight is 283 g/mol. The molecule has 0 radical (unpaired) electrons. The van der Waals surface area contributed by atoms with Crippen LogP contribution in [0.3, 0.4) is 0 Å². The van der Waals surface area contributed by atoms with Gasteiger partial charge in [-0.25, -0.2) is 4.79 Å². The van der Waals surface area contributed by atoms with E-state index in [-0.39, 0.29) is 6.03 Å². The van der Waals surface area contributed by atoms with Gasteiger partial charge >= 0.3 is 6.03 Å². The molecular weight excluding hydrogens is 254 g/mol. The minimum atomic E-state index is -0.0391. The zero-order valence-electron chi connectivity index (χ0n) is 12.9. The first kappa shape index (κ1) is 15.6. The van der Waals surface area contributed by atoms with Crippen LogP contribution in [0.2, 0.25) is 0 Å². The summed E-state index contributed by atoms with van der Waals surface area (Å²) in [4.78, 5) is 14.1. The monoisotopic (exact) mass is 283 g/mol. The molecule has 0 aromatic carbocycles.